The standard InChI is InChI=1S/C11H11NO2/c12-7-8-5-11(6-8)14-10-3-1-9(13)2-4-10/h1-4,8,11,13H,5-6H2. The zero-order valence-corrected chi connectivity index (χ0v) is 7.68. The third kappa shape index (κ3) is 1.80. The summed E-state index contributed by atoms with van der Waals surface area (Å²) in [5.41, 5.74) is 0. The Morgan fingerprint density at radius 1 is 1.29 bits per heavy atom. The number of ether oxygens (including phenoxy) is 1. The topological polar surface area (TPSA) is 53.2 Å². The van der Waals surface area contributed by atoms with Crippen molar-refractivity contribution in [2.45, 2.75) is 18.9 Å². The molecule has 0 aromatic heterocycles. The first-order valence-electron chi connectivity index (χ1n) is 4.63. The van der Waals surface area contributed by atoms with E-state index < -0.39 is 0 Å². The molecule has 1 saturated carbocycles. The minimum Gasteiger partial charge on any atom is -0.508 e. The molecular weight excluding hydrogens is 178 g/mol. The normalized spacial score (nSPS) is 24.8. The number of rotatable bonds is 2. The van der Waals surface area contributed by atoms with Crippen LogP contribution in [0.25, 0.3) is 0 Å². The van der Waals surface area contributed by atoms with Crippen molar-refractivity contribution in [3.05, 3.63) is 24.3 Å². The fourth-order valence-electron chi connectivity index (χ4n) is 1.48. The Bertz CT molecular complexity index is 347. The number of nitriles is 1. The monoisotopic (exact) mass is 189 g/mol. The molecule has 3 nitrogen and oxygen atoms in total. The van der Waals surface area contributed by atoms with Crippen LogP contribution < -0.4 is 4.74 Å². The molecule has 1 aliphatic rings. The fourth-order valence-corrected chi connectivity index (χ4v) is 1.48. The molecule has 72 valence electrons. The van der Waals surface area contributed by atoms with Crippen LogP contribution in [0.5, 0.6) is 11.5 Å². The van der Waals surface area contributed by atoms with Gasteiger partial charge >= 0.3 is 0 Å². The van der Waals surface area contributed by atoms with Crippen LogP contribution in [0.15, 0.2) is 24.3 Å². The summed E-state index contributed by atoms with van der Waals surface area (Å²) in [7, 11) is 0. The lowest BCUT2D eigenvalue weighted by molar-refractivity contribution is 0.0893. The lowest BCUT2D eigenvalue weighted by atomic mass is 9.83. The lowest BCUT2D eigenvalue weighted by Crippen LogP contribution is -2.32. The van der Waals surface area contributed by atoms with Crippen molar-refractivity contribution in [3.8, 4) is 17.6 Å². The molecule has 0 amide bonds. The quantitative estimate of drug-likeness (QED) is 0.774. The molecule has 14 heavy (non-hydrogen) atoms. The summed E-state index contributed by atoms with van der Waals surface area (Å²) in [6.45, 7) is 0. The highest BCUT2D eigenvalue weighted by atomic mass is 16.5. The van der Waals surface area contributed by atoms with Gasteiger partial charge in [0.1, 0.15) is 17.6 Å². The molecule has 1 fully saturated rings. The minimum atomic E-state index is 0.164. The van der Waals surface area contributed by atoms with Crippen molar-refractivity contribution in [1.82, 2.24) is 0 Å². The van der Waals surface area contributed by atoms with Crippen molar-refractivity contribution >= 4 is 0 Å². The van der Waals surface area contributed by atoms with E-state index in [9.17, 15) is 0 Å². The van der Waals surface area contributed by atoms with E-state index in [2.05, 4.69) is 6.07 Å². The minimum absolute atomic E-state index is 0.164. The van der Waals surface area contributed by atoms with Crippen LogP contribution in [0.2, 0.25) is 0 Å². The van der Waals surface area contributed by atoms with Gasteiger partial charge in [-0.15, -0.1) is 0 Å². The van der Waals surface area contributed by atoms with Crippen molar-refractivity contribution in [2.75, 3.05) is 0 Å². The van der Waals surface area contributed by atoms with Gasteiger partial charge in [-0.25, -0.2) is 0 Å². The summed E-state index contributed by atoms with van der Waals surface area (Å²) in [5, 5.41) is 17.6. The Labute approximate surface area is 82.6 Å². The zero-order chi connectivity index (χ0) is 9.97. The third-order valence-corrected chi connectivity index (χ3v) is 2.42. The second kappa shape index (κ2) is 3.59. The summed E-state index contributed by atoms with van der Waals surface area (Å²) < 4.78 is 5.58. The number of aromatic hydroxyl groups is 1. The molecule has 0 heterocycles. The van der Waals surface area contributed by atoms with E-state index in [1.807, 2.05) is 0 Å². The molecule has 0 radical (unpaired) electrons. The van der Waals surface area contributed by atoms with E-state index in [1.165, 1.54) is 0 Å². The molecule has 1 aliphatic carbocycles. The van der Waals surface area contributed by atoms with E-state index in [0.717, 1.165) is 18.6 Å². The molecule has 2 rings (SSSR count). The van der Waals surface area contributed by atoms with Gasteiger partial charge in [-0.3, -0.25) is 0 Å². The summed E-state index contributed by atoms with van der Waals surface area (Å²) in [6.07, 6.45) is 1.80. The number of phenols is 1. The molecule has 1 aromatic carbocycles. The van der Waals surface area contributed by atoms with Crippen LogP contribution in [-0.2, 0) is 0 Å². The van der Waals surface area contributed by atoms with Gasteiger partial charge in [0.25, 0.3) is 0 Å². The molecule has 0 unspecified atom stereocenters. The molecule has 0 atom stereocenters. The average Bonchev–Trinajstić information content (AvgIpc) is 2.13. The van der Waals surface area contributed by atoms with Gasteiger partial charge < -0.3 is 9.84 Å². The summed E-state index contributed by atoms with van der Waals surface area (Å²) >= 11 is 0. The fraction of sp³-hybridized carbons (Fsp3) is 0.364. The largest absolute Gasteiger partial charge is 0.508 e. The number of phenolic OH excluding ortho intramolecular Hbond substituents is 1. The van der Waals surface area contributed by atoms with E-state index >= 15 is 0 Å². The predicted octanol–water partition coefficient (Wildman–Crippen LogP) is 2.07. The Morgan fingerprint density at radius 2 is 1.93 bits per heavy atom. The average molecular weight is 189 g/mol. The highest BCUT2D eigenvalue weighted by Crippen LogP contribution is 2.30. The van der Waals surface area contributed by atoms with Gasteiger partial charge in [0.05, 0.1) is 12.0 Å². The van der Waals surface area contributed by atoms with Crippen LogP contribution in [0.3, 0.4) is 0 Å². The SMILES string of the molecule is N#CC1CC(Oc2ccc(O)cc2)C1. The van der Waals surface area contributed by atoms with E-state index in [4.69, 9.17) is 15.1 Å². The van der Waals surface area contributed by atoms with E-state index in [1.54, 1.807) is 24.3 Å². The van der Waals surface area contributed by atoms with Crippen LogP contribution >= 0.6 is 0 Å². The Hall–Kier alpha value is -1.69. The van der Waals surface area contributed by atoms with Gasteiger partial charge in [-0.1, -0.05) is 0 Å². The first kappa shape index (κ1) is 8.89. The third-order valence-electron chi connectivity index (χ3n) is 2.42. The number of hydrogen-bond acceptors (Lipinski definition) is 3. The summed E-state index contributed by atoms with van der Waals surface area (Å²) in [4.78, 5) is 0. The Morgan fingerprint density at radius 3 is 2.50 bits per heavy atom. The van der Waals surface area contributed by atoms with Crippen molar-refractivity contribution < 1.29 is 9.84 Å². The molecular formula is C11H11NO2. The Balaban J connectivity index is 1.88. The lowest BCUT2D eigenvalue weighted by Gasteiger charge is -2.30. The maximum atomic E-state index is 9.04. The number of hydrogen-bond donors (Lipinski definition) is 1. The van der Waals surface area contributed by atoms with Gasteiger partial charge in [0.15, 0.2) is 0 Å². The van der Waals surface area contributed by atoms with Crippen molar-refractivity contribution in [1.29, 1.82) is 5.26 Å². The van der Waals surface area contributed by atoms with Crippen LogP contribution in [0.4, 0.5) is 0 Å². The molecule has 0 aliphatic heterocycles. The highest BCUT2D eigenvalue weighted by molar-refractivity contribution is 5.30. The molecule has 0 bridgehead atoms. The first-order chi connectivity index (χ1) is 6.78. The summed E-state index contributed by atoms with van der Waals surface area (Å²) in [5.74, 6) is 1.15. The van der Waals surface area contributed by atoms with Crippen molar-refractivity contribution in [2.24, 2.45) is 5.92 Å². The highest BCUT2D eigenvalue weighted by Gasteiger charge is 2.30. The maximum Gasteiger partial charge on any atom is 0.119 e. The van der Waals surface area contributed by atoms with Gasteiger partial charge in [0, 0.05) is 12.8 Å². The Kier molecular flexibility index (Phi) is 2.28. The van der Waals surface area contributed by atoms with Crippen LogP contribution in [0.1, 0.15) is 12.8 Å². The van der Waals surface area contributed by atoms with Crippen LogP contribution in [0, 0.1) is 17.2 Å². The molecule has 1 N–H and O–H groups in total. The second-order valence-corrected chi connectivity index (χ2v) is 3.53. The first-order valence-corrected chi connectivity index (χ1v) is 4.63. The van der Waals surface area contributed by atoms with Gasteiger partial charge in [-0.2, -0.15) is 5.26 Å². The maximum absolute atomic E-state index is 9.04. The van der Waals surface area contributed by atoms with E-state index in [0.29, 0.717) is 0 Å². The number of benzene rings is 1. The van der Waals surface area contributed by atoms with Gasteiger partial charge in [0.2, 0.25) is 0 Å². The summed E-state index contributed by atoms with van der Waals surface area (Å²) in [6, 6.07) is 8.85. The second-order valence-electron chi connectivity index (χ2n) is 3.53. The smallest absolute Gasteiger partial charge is 0.119 e. The van der Waals surface area contributed by atoms with Gasteiger partial charge in [-0.05, 0) is 24.3 Å². The predicted molar refractivity (Wildman–Crippen MR) is 50.9 cm³/mol. The molecule has 0 spiro atoms. The zero-order valence-electron chi connectivity index (χ0n) is 7.68. The van der Waals surface area contributed by atoms with E-state index in [-0.39, 0.29) is 17.8 Å². The molecule has 1 aromatic rings. The van der Waals surface area contributed by atoms with Crippen LogP contribution in [-0.4, -0.2) is 11.2 Å². The van der Waals surface area contributed by atoms with Crippen molar-refractivity contribution in [3.63, 3.8) is 0 Å². The molecule has 0 saturated heterocycles. The number of nitrogens with zero attached hydrogens (tertiary/aromatic N) is 1. The molecule has 3 heteroatoms.